The van der Waals surface area contributed by atoms with Crippen molar-refractivity contribution in [1.82, 2.24) is 29.9 Å². The molecule has 0 aliphatic carbocycles. The molecule has 0 bridgehead atoms. The Morgan fingerprint density at radius 3 is 2.76 bits per heavy atom. The van der Waals surface area contributed by atoms with Crippen molar-refractivity contribution in [2.45, 2.75) is 19.9 Å². The Kier molecular flexibility index (Phi) is 4.97. The maximum absolute atomic E-state index is 12.7. The summed E-state index contributed by atoms with van der Waals surface area (Å²) < 4.78 is 6.97. The van der Waals surface area contributed by atoms with E-state index in [1.807, 2.05) is 30.5 Å². The van der Waals surface area contributed by atoms with Gasteiger partial charge in [0, 0.05) is 17.3 Å². The summed E-state index contributed by atoms with van der Waals surface area (Å²) in [6, 6.07) is 12.7. The molecule has 1 amide bonds. The normalized spacial score (nSPS) is 10.9. The van der Waals surface area contributed by atoms with Crippen LogP contribution in [0.4, 0.5) is 17.5 Å². The number of aromatic nitrogens is 6. The second kappa shape index (κ2) is 7.89. The fourth-order valence-corrected chi connectivity index (χ4v) is 2.71. The van der Waals surface area contributed by atoms with E-state index in [0.717, 1.165) is 0 Å². The summed E-state index contributed by atoms with van der Waals surface area (Å²) in [5, 5.41) is 21.2. The Morgan fingerprint density at radius 1 is 1.10 bits per heavy atom. The lowest BCUT2D eigenvalue weighted by molar-refractivity contribution is 0.102. The lowest BCUT2D eigenvalue weighted by Gasteiger charge is -2.11. The van der Waals surface area contributed by atoms with E-state index in [2.05, 4.69) is 36.0 Å². The van der Waals surface area contributed by atoms with E-state index in [1.165, 1.54) is 6.39 Å². The summed E-state index contributed by atoms with van der Waals surface area (Å²) in [6.07, 6.45) is 2.88. The van der Waals surface area contributed by atoms with Crippen molar-refractivity contribution in [2.24, 2.45) is 0 Å². The Labute approximate surface area is 166 Å². The van der Waals surface area contributed by atoms with Crippen LogP contribution in [-0.2, 0) is 0 Å². The van der Waals surface area contributed by atoms with Crippen molar-refractivity contribution in [1.29, 1.82) is 0 Å². The zero-order valence-corrected chi connectivity index (χ0v) is 15.8. The minimum absolute atomic E-state index is 0.189. The van der Waals surface area contributed by atoms with Crippen LogP contribution in [0.25, 0.3) is 11.5 Å². The molecule has 0 fully saturated rings. The third kappa shape index (κ3) is 4.10. The van der Waals surface area contributed by atoms with Gasteiger partial charge in [-0.2, -0.15) is 0 Å². The number of rotatable bonds is 6. The van der Waals surface area contributed by atoms with Crippen molar-refractivity contribution in [3.63, 3.8) is 0 Å². The van der Waals surface area contributed by atoms with Gasteiger partial charge in [-0.1, -0.05) is 17.2 Å². The number of benzene rings is 1. The third-order valence-corrected chi connectivity index (χ3v) is 4.09. The molecule has 0 saturated heterocycles. The van der Waals surface area contributed by atoms with Crippen LogP contribution in [0.15, 0.2) is 59.6 Å². The van der Waals surface area contributed by atoms with Gasteiger partial charge in [-0.05, 0) is 44.2 Å². The number of hydrogen-bond donors (Lipinski definition) is 2. The van der Waals surface area contributed by atoms with Crippen molar-refractivity contribution in [2.75, 3.05) is 10.6 Å². The van der Waals surface area contributed by atoms with Crippen LogP contribution in [0.1, 0.15) is 30.2 Å². The molecule has 0 aliphatic rings. The molecule has 4 rings (SSSR count). The van der Waals surface area contributed by atoms with E-state index in [4.69, 9.17) is 4.42 Å². The molecule has 3 aromatic heterocycles. The molecular weight excluding hydrogens is 372 g/mol. The van der Waals surface area contributed by atoms with Crippen molar-refractivity contribution in [3.05, 3.63) is 60.7 Å². The fraction of sp³-hybridized carbons (Fsp3) is 0.158. The van der Waals surface area contributed by atoms with Crippen LogP contribution in [0, 0.1) is 0 Å². The molecule has 0 unspecified atom stereocenters. The average molecular weight is 390 g/mol. The number of nitrogens with zero attached hydrogens (tertiary/aromatic N) is 6. The van der Waals surface area contributed by atoms with E-state index >= 15 is 0 Å². The molecule has 3 heterocycles. The van der Waals surface area contributed by atoms with E-state index in [0.29, 0.717) is 28.6 Å². The first-order chi connectivity index (χ1) is 14.1. The fourth-order valence-electron chi connectivity index (χ4n) is 2.71. The number of carbonyl (C=O) groups is 1. The first-order valence-electron chi connectivity index (χ1n) is 8.91. The molecule has 0 saturated carbocycles. The predicted octanol–water partition coefficient (Wildman–Crippen LogP) is 3.30. The number of pyridine rings is 1. The molecule has 29 heavy (non-hydrogen) atoms. The second-order valence-corrected chi connectivity index (χ2v) is 6.47. The van der Waals surface area contributed by atoms with Gasteiger partial charge in [-0.3, -0.25) is 4.79 Å². The van der Waals surface area contributed by atoms with Crippen LogP contribution in [0.3, 0.4) is 0 Å². The van der Waals surface area contributed by atoms with Gasteiger partial charge in [0.25, 0.3) is 5.91 Å². The number of amides is 1. The second-order valence-electron chi connectivity index (χ2n) is 6.47. The van der Waals surface area contributed by atoms with Gasteiger partial charge in [-0.25, -0.2) is 4.98 Å². The smallest absolute Gasteiger partial charge is 0.319 e. The van der Waals surface area contributed by atoms with Gasteiger partial charge in [0.05, 0.1) is 0 Å². The topological polar surface area (TPSA) is 124 Å². The quantitative estimate of drug-likeness (QED) is 0.514. The molecule has 0 aliphatic heterocycles. The first kappa shape index (κ1) is 18.3. The Morgan fingerprint density at radius 2 is 1.97 bits per heavy atom. The van der Waals surface area contributed by atoms with Gasteiger partial charge < -0.3 is 19.6 Å². The summed E-state index contributed by atoms with van der Waals surface area (Å²) >= 11 is 0. The highest BCUT2D eigenvalue weighted by Crippen LogP contribution is 2.21. The summed E-state index contributed by atoms with van der Waals surface area (Å²) in [5.41, 5.74) is 1.72. The molecule has 0 atom stereocenters. The number of nitrogens with one attached hydrogen (secondary N) is 2. The van der Waals surface area contributed by atoms with Crippen LogP contribution in [-0.4, -0.2) is 35.9 Å². The average Bonchev–Trinajstić information content (AvgIpc) is 3.40. The minimum atomic E-state index is -0.297. The molecule has 4 aromatic rings. The maximum Gasteiger partial charge on any atom is 0.319 e. The Hall–Kier alpha value is -4.08. The number of carbonyl (C=O) groups excluding carboxylic acids is 1. The molecule has 0 radical (unpaired) electrons. The summed E-state index contributed by atoms with van der Waals surface area (Å²) in [7, 11) is 0. The van der Waals surface area contributed by atoms with Gasteiger partial charge in [0.1, 0.15) is 17.8 Å². The summed E-state index contributed by atoms with van der Waals surface area (Å²) in [4.78, 5) is 17.2. The zero-order valence-electron chi connectivity index (χ0n) is 15.8. The lowest BCUT2D eigenvalue weighted by atomic mass is 10.2. The SMILES string of the molecule is CC(C)n1cnnc1-c1cccc(NC(=O)c2cccc(Nc3nnco3)c2)n1. The molecule has 2 N–H and O–H groups in total. The highest BCUT2D eigenvalue weighted by molar-refractivity contribution is 6.04. The van der Waals surface area contributed by atoms with Crippen LogP contribution in [0.5, 0.6) is 0 Å². The molecule has 146 valence electrons. The van der Waals surface area contributed by atoms with Gasteiger partial charge >= 0.3 is 6.01 Å². The van der Waals surface area contributed by atoms with Gasteiger partial charge in [-0.15, -0.1) is 15.3 Å². The summed E-state index contributed by atoms with van der Waals surface area (Å²) in [6.45, 7) is 4.07. The van der Waals surface area contributed by atoms with Crippen molar-refractivity contribution < 1.29 is 9.21 Å². The number of hydrogen-bond acceptors (Lipinski definition) is 8. The van der Waals surface area contributed by atoms with E-state index in [9.17, 15) is 4.79 Å². The molecule has 0 spiro atoms. The highest BCUT2D eigenvalue weighted by atomic mass is 16.4. The Bertz CT molecular complexity index is 1120. The largest absolute Gasteiger partial charge is 0.411 e. The van der Waals surface area contributed by atoms with Gasteiger partial charge in [0.2, 0.25) is 6.39 Å². The van der Waals surface area contributed by atoms with E-state index in [-0.39, 0.29) is 18.0 Å². The standard InChI is InChI=1S/C19H18N8O2/c1-12(2)27-10-20-25-17(27)15-7-4-8-16(23-15)24-18(28)13-5-3-6-14(9-13)22-19-26-21-11-29-19/h3-12H,1-2H3,(H,22,26)(H,23,24,28). The first-order valence-corrected chi connectivity index (χ1v) is 8.91. The monoisotopic (exact) mass is 390 g/mol. The molecule has 10 heteroatoms. The minimum Gasteiger partial charge on any atom is -0.411 e. The van der Waals surface area contributed by atoms with Crippen LogP contribution in [0.2, 0.25) is 0 Å². The zero-order chi connectivity index (χ0) is 20.2. The third-order valence-electron chi connectivity index (χ3n) is 4.09. The maximum atomic E-state index is 12.7. The van der Waals surface area contributed by atoms with E-state index in [1.54, 1.807) is 36.7 Å². The molecule has 10 nitrogen and oxygen atoms in total. The van der Waals surface area contributed by atoms with Crippen LogP contribution < -0.4 is 10.6 Å². The lowest BCUT2D eigenvalue weighted by Crippen LogP contribution is -2.13. The van der Waals surface area contributed by atoms with E-state index < -0.39 is 0 Å². The predicted molar refractivity (Wildman–Crippen MR) is 106 cm³/mol. The van der Waals surface area contributed by atoms with Crippen molar-refractivity contribution in [3.8, 4) is 11.5 Å². The van der Waals surface area contributed by atoms with Crippen LogP contribution >= 0.6 is 0 Å². The Balaban J connectivity index is 1.52. The van der Waals surface area contributed by atoms with Gasteiger partial charge in [0.15, 0.2) is 5.82 Å². The number of anilines is 3. The highest BCUT2D eigenvalue weighted by Gasteiger charge is 2.13. The molecule has 1 aromatic carbocycles. The molecular formula is C19H18N8O2. The summed E-state index contributed by atoms with van der Waals surface area (Å²) in [5.74, 6) is 0.761. The van der Waals surface area contributed by atoms with Crippen molar-refractivity contribution >= 4 is 23.4 Å².